The zero-order valence-corrected chi connectivity index (χ0v) is 12.5. The molecule has 1 N–H and O–H groups in total. The number of carbonyl (C=O) groups is 1. The fourth-order valence-electron chi connectivity index (χ4n) is 2.02. The van der Waals surface area contributed by atoms with Crippen molar-refractivity contribution in [1.82, 2.24) is 14.6 Å². The van der Waals surface area contributed by atoms with Crippen LogP contribution in [0.25, 0.3) is 0 Å². The van der Waals surface area contributed by atoms with Gasteiger partial charge in [-0.25, -0.2) is 18.1 Å². The molecular weight excluding hydrogens is 302 g/mol. The van der Waals surface area contributed by atoms with Gasteiger partial charge >= 0.3 is 0 Å². The van der Waals surface area contributed by atoms with Crippen LogP contribution in [-0.2, 0) is 14.8 Å². The number of pyridine rings is 1. The van der Waals surface area contributed by atoms with Gasteiger partial charge in [-0.1, -0.05) is 11.6 Å². The van der Waals surface area contributed by atoms with Crippen molar-refractivity contribution in [2.45, 2.75) is 24.2 Å². The number of nitrogens with one attached hydrogen (secondary N) is 1. The highest BCUT2D eigenvalue weighted by Gasteiger charge is 2.19. The molecule has 1 amide bonds. The maximum absolute atomic E-state index is 11.9. The highest BCUT2D eigenvalue weighted by molar-refractivity contribution is 7.89. The number of hydrogen-bond acceptors (Lipinski definition) is 4. The molecule has 0 atom stereocenters. The molecule has 0 aliphatic carbocycles. The second-order valence-electron chi connectivity index (χ2n) is 4.55. The number of sulfonamides is 1. The van der Waals surface area contributed by atoms with Gasteiger partial charge in [-0.15, -0.1) is 0 Å². The molecule has 6 nitrogen and oxygen atoms in total. The van der Waals surface area contributed by atoms with Crippen molar-refractivity contribution >= 4 is 27.5 Å². The molecule has 0 aromatic carbocycles. The summed E-state index contributed by atoms with van der Waals surface area (Å²) >= 11 is 5.60. The van der Waals surface area contributed by atoms with Crippen molar-refractivity contribution in [1.29, 1.82) is 0 Å². The Hall–Kier alpha value is -1.18. The monoisotopic (exact) mass is 317 g/mol. The SMILES string of the molecule is O=C(CCNS(=O)(=O)c1ccc(Cl)nc1)N1CCCC1. The fraction of sp³-hybridized carbons (Fsp3) is 0.500. The quantitative estimate of drug-likeness (QED) is 0.823. The molecule has 1 fully saturated rings. The molecule has 1 aromatic heterocycles. The van der Waals surface area contributed by atoms with Gasteiger partial charge in [0.25, 0.3) is 0 Å². The van der Waals surface area contributed by atoms with E-state index in [1.165, 1.54) is 18.3 Å². The Morgan fingerprint density at radius 2 is 2.05 bits per heavy atom. The Bertz CT molecular complexity index is 568. The number of hydrogen-bond donors (Lipinski definition) is 1. The molecule has 8 heteroatoms. The van der Waals surface area contributed by atoms with Crippen LogP contribution in [0.3, 0.4) is 0 Å². The molecule has 1 aromatic rings. The molecule has 0 spiro atoms. The summed E-state index contributed by atoms with van der Waals surface area (Å²) in [6, 6.07) is 2.78. The van der Waals surface area contributed by atoms with Gasteiger partial charge in [0, 0.05) is 32.3 Å². The molecule has 0 unspecified atom stereocenters. The maximum Gasteiger partial charge on any atom is 0.242 e. The van der Waals surface area contributed by atoms with Crippen LogP contribution in [-0.4, -0.2) is 43.8 Å². The smallest absolute Gasteiger partial charge is 0.242 e. The average molecular weight is 318 g/mol. The van der Waals surface area contributed by atoms with E-state index in [1.807, 2.05) is 0 Å². The van der Waals surface area contributed by atoms with Gasteiger partial charge in [0.15, 0.2) is 0 Å². The lowest BCUT2D eigenvalue weighted by atomic mass is 10.4. The summed E-state index contributed by atoms with van der Waals surface area (Å²) in [5.74, 6) is -0.0144. The Labute approximate surface area is 123 Å². The maximum atomic E-state index is 11.9. The third-order valence-electron chi connectivity index (χ3n) is 3.10. The number of nitrogens with zero attached hydrogens (tertiary/aromatic N) is 2. The summed E-state index contributed by atoms with van der Waals surface area (Å²) in [6.07, 6.45) is 3.40. The predicted molar refractivity (Wildman–Crippen MR) is 74.9 cm³/mol. The second-order valence-corrected chi connectivity index (χ2v) is 6.71. The van der Waals surface area contributed by atoms with Crippen LogP contribution in [0.2, 0.25) is 5.15 Å². The summed E-state index contributed by atoms with van der Waals surface area (Å²) in [5, 5.41) is 0.230. The molecule has 2 heterocycles. The van der Waals surface area contributed by atoms with E-state index >= 15 is 0 Å². The van der Waals surface area contributed by atoms with Crippen LogP contribution in [0.4, 0.5) is 0 Å². The van der Waals surface area contributed by atoms with Gasteiger partial charge in [-0.3, -0.25) is 4.79 Å². The van der Waals surface area contributed by atoms with E-state index in [-0.39, 0.29) is 28.9 Å². The third-order valence-corrected chi connectivity index (χ3v) is 4.77. The van der Waals surface area contributed by atoms with Gasteiger partial charge in [0.1, 0.15) is 10.0 Å². The van der Waals surface area contributed by atoms with Crippen LogP contribution in [0.1, 0.15) is 19.3 Å². The zero-order chi connectivity index (χ0) is 14.6. The van der Waals surface area contributed by atoms with Gasteiger partial charge in [-0.05, 0) is 25.0 Å². The Morgan fingerprint density at radius 1 is 1.35 bits per heavy atom. The third kappa shape index (κ3) is 3.91. The summed E-state index contributed by atoms with van der Waals surface area (Å²) in [6.45, 7) is 1.62. The number of halogens is 1. The number of likely N-dealkylation sites (tertiary alicyclic amines) is 1. The number of carbonyl (C=O) groups excluding carboxylic acids is 1. The van der Waals surface area contributed by atoms with Crippen LogP contribution >= 0.6 is 11.6 Å². The van der Waals surface area contributed by atoms with Crippen molar-refractivity contribution in [3.05, 3.63) is 23.5 Å². The normalized spacial score (nSPS) is 15.6. The minimum Gasteiger partial charge on any atom is -0.343 e. The first-order chi connectivity index (χ1) is 9.49. The van der Waals surface area contributed by atoms with E-state index in [0.29, 0.717) is 0 Å². The minimum absolute atomic E-state index is 0.0144. The molecule has 20 heavy (non-hydrogen) atoms. The fourth-order valence-corrected chi connectivity index (χ4v) is 3.11. The average Bonchev–Trinajstić information content (AvgIpc) is 2.93. The standard InChI is InChI=1S/C12H16ClN3O3S/c13-11-4-3-10(9-14-11)20(18,19)15-6-5-12(17)16-7-1-2-8-16/h3-4,9,15H,1-2,5-8H2. The van der Waals surface area contributed by atoms with E-state index in [0.717, 1.165) is 25.9 Å². The zero-order valence-electron chi connectivity index (χ0n) is 10.9. The predicted octanol–water partition coefficient (Wildman–Crippen LogP) is 1.03. The number of aromatic nitrogens is 1. The molecule has 1 aliphatic heterocycles. The van der Waals surface area contributed by atoms with E-state index in [4.69, 9.17) is 11.6 Å². The molecule has 0 saturated carbocycles. The van der Waals surface area contributed by atoms with Crippen molar-refractivity contribution in [2.24, 2.45) is 0 Å². The van der Waals surface area contributed by atoms with E-state index < -0.39 is 10.0 Å². The van der Waals surface area contributed by atoms with Gasteiger partial charge < -0.3 is 4.90 Å². The molecular formula is C12H16ClN3O3S. The molecule has 1 saturated heterocycles. The number of rotatable bonds is 5. The molecule has 1 aliphatic rings. The van der Waals surface area contributed by atoms with Crippen LogP contribution in [0, 0.1) is 0 Å². The largest absolute Gasteiger partial charge is 0.343 e. The summed E-state index contributed by atoms with van der Waals surface area (Å²) in [4.78, 5) is 17.3. The first-order valence-corrected chi connectivity index (χ1v) is 8.24. The lowest BCUT2D eigenvalue weighted by Crippen LogP contribution is -2.32. The highest BCUT2D eigenvalue weighted by Crippen LogP contribution is 2.11. The van der Waals surface area contributed by atoms with E-state index in [1.54, 1.807) is 4.90 Å². The van der Waals surface area contributed by atoms with Crippen molar-refractivity contribution in [3.8, 4) is 0 Å². The van der Waals surface area contributed by atoms with Gasteiger partial charge in [0.05, 0.1) is 0 Å². The topological polar surface area (TPSA) is 79.4 Å². The van der Waals surface area contributed by atoms with E-state index in [9.17, 15) is 13.2 Å². The first kappa shape index (κ1) is 15.2. The summed E-state index contributed by atoms with van der Waals surface area (Å²) in [5.41, 5.74) is 0. The first-order valence-electron chi connectivity index (χ1n) is 6.38. The highest BCUT2D eigenvalue weighted by atomic mass is 35.5. The molecule has 2 rings (SSSR count). The van der Waals surface area contributed by atoms with E-state index in [2.05, 4.69) is 9.71 Å². The Kier molecular flexibility index (Phi) is 4.95. The lowest BCUT2D eigenvalue weighted by molar-refractivity contribution is -0.129. The van der Waals surface area contributed by atoms with Gasteiger partial charge in [-0.2, -0.15) is 0 Å². The van der Waals surface area contributed by atoms with Crippen molar-refractivity contribution in [3.63, 3.8) is 0 Å². The molecule has 0 bridgehead atoms. The second kappa shape index (κ2) is 6.51. The van der Waals surface area contributed by atoms with Crippen LogP contribution < -0.4 is 4.72 Å². The summed E-state index contributed by atoms with van der Waals surface area (Å²) < 4.78 is 26.2. The minimum atomic E-state index is -3.64. The Balaban J connectivity index is 1.86. The van der Waals surface area contributed by atoms with Crippen molar-refractivity contribution < 1.29 is 13.2 Å². The van der Waals surface area contributed by atoms with Crippen LogP contribution in [0.15, 0.2) is 23.2 Å². The lowest BCUT2D eigenvalue weighted by Gasteiger charge is -2.15. The van der Waals surface area contributed by atoms with Crippen LogP contribution in [0.5, 0.6) is 0 Å². The molecule has 0 radical (unpaired) electrons. The molecule has 110 valence electrons. The summed E-state index contributed by atoms with van der Waals surface area (Å²) in [7, 11) is -3.64. The van der Waals surface area contributed by atoms with Gasteiger partial charge in [0.2, 0.25) is 15.9 Å². The Morgan fingerprint density at radius 3 is 2.65 bits per heavy atom. The number of amides is 1. The van der Waals surface area contributed by atoms with Crippen molar-refractivity contribution in [2.75, 3.05) is 19.6 Å².